The topological polar surface area (TPSA) is 29.1 Å². The van der Waals surface area contributed by atoms with Crippen LogP contribution in [0.5, 0.6) is 0 Å². The Balaban J connectivity index is 3.88. The molecule has 0 aromatic rings. The standard InChI is InChI=1S/C7H13Br2NO/c1-7(2,3)10-6(11)5(9)4-8/h5H,4H2,1-3H3,(H,10,11). The number of alkyl halides is 2. The highest BCUT2D eigenvalue weighted by molar-refractivity contribution is 9.12. The van der Waals surface area contributed by atoms with Crippen LogP contribution in [0.4, 0.5) is 0 Å². The van der Waals surface area contributed by atoms with Crippen LogP contribution in [0.2, 0.25) is 0 Å². The first-order valence-electron chi connectivity index (χ1n) is 3.39. The molecule has 2 nitrogen and oxygen atoms in total. The molecule has 0 spiro atoms. The van der Waals surface area contributed by atoms with Gasteiger partial charge in [-0.15, -0.1) is 0 Å². The summed E-state index contributed by atoms with van der Waals surface area (Å²) in [5, 5.41) is 3.49. The zero-order valence-electron chi connectivity index (χ0n) is 6.95. The lowest BCUT2D eigenvalue weighted by atomic mass is 10.1. The van der Waals surface area contributed by atoms with E-state index in [4.69, 9.17) is 0 Å². The van der Waals surface area contributed by atoms with Crippen LogP contribution in [0, 0.1) is 0 Å². The Morgan fingerprint density at radius 3 is 2.27 bits per heavy atom. The molecule has 1 N–H and O–H groups in total. The minimum Gasteiger partial charge on any atom is -0.351 e. The third-order valence-corrected chi connectivity index (χ3v) is 3.17. The van der Waals surface area contributed by atoms with Crippen LogP contribution in [0.1, 0.15) is 20.8 Å². The molecule has 0 bridgehead atoms. The zero-order valence-corrected chi connectivity index (χ0v) is 10.1. The van der Waals surface area contributed by atoms with E-state index in [9.17, 15) is 4.79 Å². The van der Waals surface area contributed by atoms with E-state index in [-0.39, 0.29) is 16.3 Å². The molecule has 1 unspecified atom stereocenters. The molecule has 0 aliphatic carbocycles. The number of nitrogens with one attached hydrogen (secondary N) is 1. The van der Waals surface area contributed by atoms with Gasteiger partial charge >= 0.3 is 0 Å². The van der Waals surface area contributed by atoms with E-state index in [0.717, 1.165) is 0 Å². The van der Waals surface area contributed by atoms with Gasteiger partial charge in [-0.2, -0.15) is 0 Å². The van der Waals surface area contributed by atoms with Crippen LogP contribution in [0.15, 0.2) is 0 Å². The molecule has 0 rings (SSSR count). The van der Waals surface area contributed by atoms with Crippen molar-refractivity contribution in [1.82, 2.24) is 5.32 Å². The molecule has 1 atom stereocenters. The van der Waals surface area contributed by atoms with Crippen molar-refractivity contribution in [1.29, 1.82) is 0 Å². The number of hydrogen-bond acceptors (Lipinski definition) is 1. The van der Waals surface area contributed by atoms with E-state index in [0.29, 0.717) is 5.33 Å². The fraction of sp³-hybridized carbons (Fsp3) is 0.857. The van der Waals surface area contributed by atoms with E-state index in [1.807, 2.05) is 20.8 Å². The summed E-state index contributed by atoms with van der Waals surface area (Å²) in [6.07, 6.45) is 0. The van der Waals surface area contributed by atoms with Crippen molar-refractivity contribution < 1.29 is 4.79 Å². The third-order valence-electron chi connectivity index (χ3n) is 0.918. The summed E-state index contributed by atoms with van der Waals surface area (Å²) in [6, 6.07) is 0. The second-order valence-corrected chi connectivity index (χ2v) is 5.11. The first-order valence-corrected chi connectivity index (χ1v) is 5.42. The lowest BCUT2D eigenvalue weighted by Crippen LogP contribution is -2.44. The summed E-state index contributed by atoms with van der Waals surface area (Å²) in [5.74, 6) is 0.0226. The Kier molecular flexibility index (Phi) is 4.63. The van der Waals surface area contributed by atoms with Crippen molar-refractivity contribution in [3.05, 3.63) is 0 Å². The van der Waals surface area contributed by atoms with Gasteiger partial charge in [0, 0.05) is 10.9 Å². The molecule has 0 aliphatic heterocycles. The predicted molar refractivity (Wildman–Crippen MR) is 54.4 cm³/mol. The summed E-state index contributed by atoms with van der Waals surface area (Å²) >= 11 is 6.45. The van der Waals surface area contributed by atoms with Gasteiger partial charge in [0.1, 0.15) is 4.83 Å². The second kappa shape index (κ2) is 4.45. The van der Waals surface area contributed by atoms with Gasteiger partial charge in [0.15, 0.2) is 0 Å². The van der Waals surface area contributed by atoms with Crippen LogP contribution < -0.4 is 5.32 Å². The minimum atomic E-state index is -0.148. The Hall–Kier alpha value is 0.430. The summed E-state index contributed by atoms with van der Waals surface area (Å²) in [4.78, 5) is 11.1. The summed E-state index contributed by atoms with van der Waals surface area (Å²) < 4.78 is 0. The molecule has 0 fully saturated rings. The lowest BCUT2D eigenvalue weighted by Gasteiger charge is -2.21. The van der Waals surface area contributed by atoms with Crippen LogP contribution in [0.25, 0.3) is 0 Å². The molecule has 0 aromatic heterocycles. The van der Waals surface area contributed by atoms with Gasteiger partial charge in [-0.25, -0.2) is 0 Å². The van der Waals surface area contributed by atoms with Gasteiger partial charge in [0.05, 0.1) is 0 Å². The molecule has 1 amide bonds. The summed E-state index contributed by atoms with van der Waals surface area (Å²) in [6.45, 7) is 5.87. The molecule has 0 saturated carbocycles. The SMILES string of the molecule is CC(C)(C)NC(=O)C(Br)CBr. The predicted octanol–water partition coefficient (Wildman–Crippen LogP) is 2.06. The fourth-order valence-corrected chi connectivity index (χ4v) is 0.926. The van der Waals surface area contributed by atoms with Gasteiger partial charge in [-0.05, 0) is 20.8 Å². The zero-order chi connectivity index (χ0) is 9.07. The molecule has 0 aromatic carbocycles. The minimum absolute atomic E-state index is 0.0226. The summed E-state index contributed by atoms with van der Waals surface area (Å²) in [5.41, 5.74) is -0.148. The highest BCUT2D eigenvalue weighted by Crippen LogP contribution is 2.06. The Labute approximate surface area is 84.4 Å². The summed E-state index contributed by atoms with van der Waals surface area (Å²) in [7, 11) is 0. The van der Waals surface area contributed by atoms with Crippen molar-refractivity contribution in [3.63, 3.8) is 0 Å². The maximum Gasteiger partial charge on any atom is 0.235 e. The maximum atomic E-state index is 11.2. The number of amides is 1. The lowest BCUT2D eigenvalue weighted by molar-refractivity contribution is -0.121. The molecule has 0 heterocycles. The van der Waals surface area contributed by atoms with Crippen LogP contribution in [0.3, 0.4) is 0 Å². The highest BCUT2D eigenvalue weighted by atomic mass is 79.9. The highest BCUT2D eigenvalue weighted by Gasteiger charge is 2.18. The Morgan fingerprint density at radius 2 is 2.00 bits per heavy atom. The van der Waals surface area contributed by atoms with Crippen LogP contribution >= 0.6 is 31.9 Å². The van der Waals surface area contributed by atoms with Crippen molar-refractivity contribution >= 4 is 37.8 Å². The number of carbonyl (C=O) groups is 1. The van der Waals surface area contributed by atoms with Crippen molar-refractivity contribution in [3.8, 4) is 0 Å². The van der Waals surface area contributed by atoms with E-state index in [1.165, 1.54) is 0 Å². The monoisotopic (exact) mass is 285 g/mol. The molecule has 0 aliphatic rings. The average Bonchev–Trinajstić information content (AvgIpc) is 1.82. The van der Waals surface area contributed by atoms with Gasteiger partial charge in [0.2, 0.25) is 5.91 Å². The van der Waals surface area contributed by atoms with Crippen molar-refractivity contribution in [2.45, 2.75) is 31.1 Å². The molecular weight excluding hydrogens is 274 g/mol. The van der Waals surface area contributed by atoms with Crippen LogP contribution in [-0.2, 0) is 4.79 Å². The number of hydrogen-bond donors (Lipinski definition) is 1. The van der Waals surface area contributed by atoms with E-state index in [1.54, 1.807) is 0 Å². The van der Waals surface area contributed by atoms with Crippen LogP contribution in [-0.4, -0.2) is 21.6 Å². The first-order chi connectivity index (χ1) is 4.87. The smallest absolute Gasteiger partial charge is 0.235 e. The third kappa shape index (κ3) is 5.67. The van der Waals surface area contributed by atoms with Gasteiger partial charge < -0.3 is 5.32 Å². The number of rotatable bonds is 2. The largest absolute Gasteiger partial charge is 0.351 e. The van der Waals surface area contributed by atoms with Gasteiger partial charge in [-0.3, -0.25) is 4.79 Å². The molecule has 0 saturated heterocycles. The van der Waals surface area contributed by atoms with Crippen molar-refractivity contribution in [2.24, 2.45) is 0 Å². The van der Waals surface area contributed by atoms with E-state index < -0.39 is 0 Å². The second-order valence-electron chi connectivity index (χ2n) is 3.36. The maximum absolute atomic E-state index is 11.2. The molecule has 66 valence electrons. The quantitative estimate of drug-likeness (QED) is 0.774. The Bertz CT molecular complexity index is 142. The molecule has 0 radical (unpaired) electrons. The molecule has 4 heteroatoms. The van der Waals surface area contributed by atoms with E-state index in [2.05, 4.69) is 37.2 Å². The fourth-order valence-electron chi connectivity index (χ4n) is 0.518. The number of halogens is 2. The van der Waals surface area contributed by atoms with Gasteiger partial charge in [0.25, 0.3) is 0 Å². The molecular formula is C7H13Br2NO. The normalized spacial score (nSPS) is 14.3. The average molecular weight is 287 g/mol. The van der Waals surface area contributed by atoms with Crippen molar-refractivity contribution in [2.75, 3.05) is 5.33 Å². The molecule has 11 heavy (non-hydrogen) atoms. The van der Waals surface area contributed by atoms with E-state index >= 15 is 0 Å². The van der Waals surface area contributed by atoms with Gasteiger partial charge in [-0.1, -0.05) is 31.9 Å². The Morgan fingerprint density at radius 1 is 1.55 bits per heavy atom. The number of carbonyl (C=O) groups excluding carboxylic acids is 1. The first kappa shape index (κ1) is 11.4.